The van der Waals surface area contributed by atoms with Crippen LogP contribution in [0.25, 0.3) is 0 Å². The van der Waals surface area contributed by atoms with Crippen molar-refractivity contribution in [3.8, 4) is 0 Å². The molecule has 0 aliphatic carbocycles. The molecule has 0 unspecified atom stereocenters. The molecule has 0 bridgehead atoms. The van der Waals surface area contributed by atoms with Crippen LogP contribution in [0.3, 0.4) is 0 Å². The molecule has 0 saturated heterocycles. The van der Waals surface area contributed by atoms with E-state index in [1.807, 2.05) is 0 Å². The summed E-state index contributed by atoms with van der Waals surface area (Å²) in [5.74, 6) is 0. The number of hydrogen-bond acceptors (Lipinski definition) is 5. The van der Waals surface area contributed by atoms with Gasteiger partial charge in [0.05, 0.1) is 17.0 Å². The van der Waals surface area contributed by atoms with E-state index < -0.39 is 29.2 Å². The molecule has 6 nitrogen and oxygen atoms in total. The third kappa shape index (κ3) is 4.83. The molecule has 1 rings (SSSR count). The summed E-state index contributed by atoms with van der Waals surface area (Å²) < 4.78 is 57.9. The number of benzene rings is 1. The molecule has 0 aromatic heterocycles. The van der Waals surface area contributed by atoms with Gasteiger partial charge >= 0.3 is 6.18 Å². The van der Waals surface area contributed by atoms with Gasteiger partial charge in [-0.05, 0) is 23.4 Å². The summed E-state index contributed by atoms with van der Waals surface area (Å²) in [7, 11) is -4.00. The summed E-state index contributed by atoms with van der Waals surface area (Å²) in [4.78, 5) is 10.2. The van der Waals surface area contributed by atoms with Gasteiger partial charge in [0.15, 0.2) is 0 Å². The number of nitroso groups, excluding NO2 is 1. The fourth-order valence-corrected chi connectivity index (χ4v) is 1.79. The summed E-state index contributed by atoms with van der Waals surface area (Å²) in [6.45, 7) is -0.458. The Hall–Kier alpha value is -1.68. The number of primary sulfonamides is 1. The van der Waals surface area contributed by atoms with Crippen molar-refractivity contribution in [2.24, 2.45) is 10.3 Å². The zero-order chi connectivity index (χ0) is 14.7. The maximum atomic E-state index is 11.9. The van der Waals surface area contributed by atoms with Gasteiger partial charge in [0.25, 0.3) is 0 Å². The molecule has 0 amide bonds. The van der Waals surface area contributed by atoms with E-state index in [4.69, 9.17) is 5.14 Å². The van der Waals surface area contributed by atoms with Crippen molar-refractivity contribution < 1.29 is 21.6 Å². The summed E-state index contributed by atoms with van der Waals surface area (Å²) >= 11 is 0. The summed E-state index contributed by atoms with van der Waals surface area (Å²) in [5.41, 5.74) is -0.319. The highest BCUT2D eigenvalue weighted by atomic mass is 32.2. The quantitative estimate of drug-likeness (QED) is 0.812. The van der Waals surface area contributed by atoms with Crippen LogP contribution in [-0.4, -0.2) is 21.1 Å². The Balaban J connectivity index is 2.89. The van der Waals surface area contributed by atoms with Crippen LogP contribution in [0.4, 0.5) is 24.5 Å². The Labute approximate surface area is 106 Å². The standard InChI is InChI=1S/C9H10F3N3O3S/c10-9(11,12)3-4-14-7-2-1-6(19(13,17)18)5-8(7)15-16/h1-2,5,14H,3-4H2,(H2,13,17,18). The van der Waals surface area contributed by atoms with Crippen LogP contribution in [0.1, 0.15) is 6.42 Å². The molecule has 1 aromatic rings. The van der Waals surface area contributed by atoms with E-state index in [0.717, 1.165) is 18.2 Å². The smallest absolute Gasteiger partial charge is 0.383 e. The first-order valence-electron chi connectivity index (χ1n) is 4.94. The number of halogens is 3. The number of hydrogen-bond donors (Lipinski definition) is 2. The van der Waals surface area contributed by atoms with Crippen LogP contribution in [0.5, 0.6) is 0 Å². The van der Waals surface area contributed by atoms with E-state index >= 15 is 0 Å². The molecule has 0 heterocycles. The minimum Gasteiger partial charge on any atom is -0.383 e. The van der Waals surface area contributed by atoms with E-state index in [-0.39, 0.29) is 16.3 Å². The van der Waals surface area contributed by atoms with Gasteiger partial charge in [-0.15, -0.1) is 4.91 Å². The van der Waals surface area contributed by atoms with E-state index in [1.165, 1.54) is 0 Å². The predicted octanol–water partition coefficient (Wildman–Crippen LogP) is 2.10. The fourth-order valence-electron chi connectivity index (χ4n) is 1.25. The van der Waals surface area contributed by atoms with E-state index in [0.29, 0.717) is 0 Å². The van der Waals surface area contributed by atoms with Gasteiger partial charge < -0.3 is 5.32 Å². The van der Waals surface area contributed by atoms with Crippen molar-refractivity contribution in [2.75, 3.05) is 11.9 Å². The third-order valence-electron chi connectivity index (χ3n) is 2.12. The maximum Gasteiger partial charge on any atom is 0.390 e. The molecule has 1 aromatic carbocycles. The first-order valence-corrected chi connectivity index (χ1v) is 6.49. The van der Waals surface area contributed by atoms with E-state index in [1.54, 1.807) is 0 Å². The van der Waals surface area contributed by atoms with Crippen LogP contribution < -0.4 is 10.5 Å². The lowest BCUT2D eigenvalue weighted by Gasteiger charge is -2.10. The number of nitrogens with zero attached hydrogens (tertiary/aromatic N) is 1. The van der Waals surface area contributed by atoms with Gasteiger partial charge in [0.2, 0.25) is 10.0 Å². The highest BCUT2D eigenvalue weighted by molar-refractivity contribution is 7.89. The molecule has 0 radical (unpaired) electrons. The van der Waals surface area contributed by atoms with Gasteiger partial charge in [-0.3, -0.25) is 0 Å². The summed E-state index contributed by atoms with van der Waals surface area (Å²) in [6.07, 6.45) is -5.43. The second kappa shape index (κ2) is 5.53. The Bertz CT molecular complexity index is 572. The van der Waals surface area contributed by atoms with Crippen LogP contribution in [0.2, 0.25) is 0 Å². The Morgan fingerprint density at radius 1 is 1.32 bits per heavy atom. The Kier molecular flexibility index (Phi) is 4.48. The normalized spacial score (nSPS) is 12.2. The summed E-state index contributed by atoms with van der Waals surface area (Å²) in [5, 5.41) is 9.74. The van der Waals surface area contributed by atoms with Gasteiger partial charge in [0, 0.05) is 6.54 Å². The lowest BCUT2D eigenvalue weighted by molar-refractivity contribution is -0.131. The lowest BCUT2D eigenvalue weighted by atomic mass is 10.2. The second-order valence-electron chi connectivity index (χ2n) is 3.61. The zero-order valence-electron chi connectivity index (χ0n) is 9.44. The summed E-state index contributed by atoms with van der Waals surface area (Å²) in [6, 6.07) is 3.09. The largest absolute Gasteiger partial charge is 0.390 e. The molecular weight excluding hydrogens is 287 g/mol. The second-order valence-corrected chi connectivity index (χ2v) is 5.17. The van der Waals surface area contributed by atoms with Crippen molar-refractivity contribution >= 4 is 21.4 Å². The maximum absolute atomic E-state index is 11.9. The number of sulfonamides is 1. The van der Waals surface area contributed by atoms with Gasteiger partial charge in [-0.2, -0.15) is 13.2 Å². The molecule has 0 aliphatic rings. The topological polar surface area (TPSA) is 102 Å². The molecular formula is C9H10F3N3O3S. The third-order valence-corrected chi connectivity index (χ3v) is 3.03. The van der Waals surface area contributed by atoms with Crippen molar-refractivity contribution in [2.45, 2.75) is 17.5 Å². The van der Waals surface area contributed by atoms with Crippen LogP contribution in [0.15, 0.2) is 28.3 Å². The van der Waals surface area contributed by atoms with Crippen molar-refractivity contribution in [3.05, 3.63) is 23.1 Å². The van der Waals surface area contributed by atoms with Crippen LogP contribution in [0, 0.1) is 4.91 Å². The number of rotatable bonds is 5. The molecule has 0 spiro atoms. The predicted molar refractivity (Wildman–Crippen MR) is 62.4 cm³/mol. The van der Waals surface area contributed by atoms with Gasteiger partial charge in [-0.25, -0.2) is 13.6 Å². The number of nitrogens with one attached hydrogen (secondary N) is 1. The average Bonchev–Trinajstić information content (AvgIpc) is 2.26. The fraction of sp³-hybridized carbons (Fsp3) is 0.333. The molecule has 19 heavy (non-hydrogen) atoms. The SMILES string of the molecule is NS(=O)(=O)c1ccc(NCCC(F)(F)F)c(N=O)c1. The van der Waals surface area contributed by atoms with Crippen molar-refractivity contribution in [1.82, 2.24) is 0 Å². The Morgan fingerprint density at radius 2 is 1.95 bits per heavy atom. The minimum absolute atomic E-state index is 0.00616. The molecule has 0 atom stereocenters. The van der Waals surface area contributed by atoms with Crippen molar-refractivity contribution in [1.29, 1.82) is 0 Å². The van der Waals surface area contributed by atoms with Gasteiger partial charge in [0.1, 0.15) is 5.69 Å². The monoisotopic (exact) mass is 297 g/mol. The molecule has 0 aliphatic heterocycles. The lowest BCUT2D eigenvalue weighted by Crippen LogP contribution is -2.15. The zero-order valence-corrected chi connectivity index (χ0v) is 10.3. The first-order chi connectivity index (χ1) is 8.63. The van der Waals surface area contributed by atoms with Crippen molar-refractivity contribution in [3.63, 3.8) is 0 Å². The van der Waals surface area contributed by atoms with Gasteiger partial charge in [-0.1, -0.05) is 0 Å². The molecule has 3 N–H and O–H groups in total. The highest BCUT2D eigenvalue weighted by Gasteiger charge is 2.26. The molecule has 0 saturated carbocycles. The number of nitrogens with two attached hydrogens (primary N) is 1. The average molecular weight is 297 g/mol. The van der Waals surface area contributed by atoms with E-state index in [2.05, 4.69) is 10.5 Å². The molecule has 10 heteroatoms. The molecule has 106 valence electrons. The Morgan fingerprint density at radius 3 is 2.42 bits per heavy atom. The molecule has 0 fully saturated rings. The number of anilines is 1. The highest BCUT2D eigenvalue weighted by Crippen LogP contribution is 2.28. The first kappa shape index (κ1) is 15.4. The minimum atomic E-state index is -4.33. The van der Waals surface area contributed by atoms with Crippen LogP contribution >= 0.6 is 0 Å². The van der Waals surface area contributed by atoms with E-state index in [9.17, 15) is 26.5 Å². The van der Waals surface area contributed by atoms with Crippen LogP contribution in [-0.2, 0) is 10.0 Å². The number of alkyl halides is 3.